The summed E-state index contributed by atoms with van der Waals surface area (Å²) >= 11 is 0. The normalized spacial score (nSPS) is 28.1. The molecule has 148 valence electrons. The summed E-state index contributed by atoms with van der Waals surface area (Å²) in [6, 6.07) is 4.01. The van der Waals surface area contributed by atoms with E-state index in [1.54, 1.807) is 0 Å². The number of aryl methyl sites for hydroxylation is 3. The maximum atomic E-state index is 12.4. The van der Waals surface area contributed by atoms with E-state index >= 15 is 0 Å². The lowest BCUT2D eigenvalue weighted by Gasteiger charge is -2.39. The molecule has 0 aliphatic heterocycles. The largest absolute Gasteiger partial charge is 0.335 e. The topological polar surface area (TPSA) is 70.2 Å². The maximum absolute atomic E-state index is 12.4. The van der Waals surface area contributed by atoms with Gasteiger partial charge in [-0.3, -0.25) is 4.79 Å². The third kappa shape index (κ3) is 3.44. The number of benzene rings is 1. The van der Waals surface area contributed by atoms with Gasteiger partial charge in [-0.1, -0.05) is 38.5 Å². The van der Waals surface area contributed by atoms with Crippen LogP contribution in [0.15, 0.2) is 12.1 Å². The number of nitrogens with one attached hydrogen (secondary N) is 3. The summed E-state index contributed by atoms with van der Waals surface area (Å²) in [6.45, 7) is 12.9. The van der Waals surface area contributed by atoms with Crippen LogP contribution < -0.4 is 16.0 Å². The van der Waals surface area contributed by atoms with Crippen LogP contribution in [-0.2, 0) is 4.79 Å². The Morgan fingerprint density at radius 2 is 1.74 bits per heavy atom. The van der Waals surface area contributed by atoms with Crippen molar-refractivity contribution in [3.05, 3.63) is 28.8 Å². The number of carbonyl (C=O) groups excluding carboxylic acids is 2. The van der Waals surface area contributed by atoms with E-state index in [9.17, 15) is 9.59 Å². The van der Waals surface area contributed by atoms with Crippen molar-refractivity contribution in [2.24, 2.45) is 16.7 Å². The standard InChI is InChI=1S/C22H33N3O2/c1-13-9-14(2)19(15(3)10-13)25-18(26)12-23-20(27)24-17-11-16-7-8-22(17,6)21(16,4)5/h9-10,16-17H,7-8,11-12H2,1-6H3,(H,25,26)(H2,23,24,27). The van der Waals surface area contributed by atoms with Crippen LogP contribution in [0.25, 0.3) is 0 Å². The van der Waals surface area contributed by atoms with Crippen LogP contribution >= 0.6 is 0 Å². The van der Waals surface area contributed by atoms with E-state index in [1.807, 2.05) is 32.9 Å². The molecule has 0 saturated heterocycles. The molecule has 1 aromatic rings. The molecule has 3 rings (SSSR count). The van der Waals surface area contributed by atoms with Crippen LogP contribution in [0.2, 0.25) is 0 Å². The Morgan fingerprint density at radius 3 is 2.26 bits per heavy atom. The van der Waals surface area contributed by atoms with Gasteiger partial charge in [0.2, 0.25) is 5.91 Å². The van der Waals surface area contributed by atoms with Gasteiger partial charge in [-0.15, -0.1) is 0 Å². The zero-order chi connectivity index (χ0) is 20.0. The first-order valence-corrected chi connectivity index (χ1v) is 9.96. The molecule has 3 unspecified atom stereocenters. The van der Waals surface area contributed by atoms with Crippen molar-refractivity contribution in [3.63, 3.8) is 0 Å². The Bertz CT molecular complexity index is 748. The first-order chi connectivity index (χ1) is 12.5. The molecule has 1 aromatic carbocycles. The molecule has 2 aliphatic carbocycles. The first-order valence-electron chi connectivity index (χ1n) is 9.96. The number of hydrogen-bond acceptors (Lipinski definition) is 2. The van der Waals surface area contributed by atoms with Crippen molar-refractivity contribution >= 4 is 17.6 Å². The van der Waals surface area contributed by atoms with Crippen molar-refractivity contribution in [2.75, 3.05) is 11.9 Å². The summed E-state index contributed by atoms with van der Waals surface area (Å²) in [5.41, 5.74) is 4.44. The Labute approximate surface area is 162 Å². The summed E-state index contributed by atoms with van der Waals surface area (Å²) < 4.78 is 0. The van der Waals surface area contributed by atoms with E-state index in [0.717, 1.165) is 29.7 Å². The van der Waals surface area contributed by atoms with Crippen molar-refractivity contribution < 1.29 is 9.59 Å². The van der Waals surface area contributed by atoms with Crippen LogP contribution in [0.1, 0.15) is 56.7 Å². The molecule has 0 spiro atoms. The summed E-state index contributed by atoms with van der Waals surface area (Å²) in [5.74, 6) is 0.461. The van der Waals surface area contributed by atoms with Gasteiger partial charge in [-0.05, 0) is 67.9 Å². The van der Waals surface area contributed by atoms with Gasteiger partial charge < -0.3 is 16.0 Å². The lowest BCUT2D eigenvalue weighted by Crippen LogP contribution is -2.51. The molecule has 2 fully saturated rings. The van der Waals surface area contributed by atoms with Gasteiger partial charge in [0.25, 0.3) is 0 Å². The van der Waals surface area contributed by atoms with E-state index in [0.29, 0.717) is 5.92 Å². The number of carbonyl (C=O) groups is 2. The van der Waals surface area contributed by atoms with Crippen molar-refractivity contribution in [1.29, 1.82) is 0 Å². The van der Waals surface area contributed by atoms with Gasteiger partial charge in [0.05, 0.1) is 6.54 Å². The van der Waals surface area contributed by atoms with E-state index in [4.69, 9.17) is 0 Å². The van der Waals surface area contributed by atoms with Crippen molar-refractivity contribution in [2.45, 2.75) is 66.8 Å². The molecular formula is C22H33N3O2. The SMILES string of the molecule is Cc1cc(C)c(NC(=O)CNC(=O)NC2CC3CCC2(C)C3(C)C)c(C)c1. The lowest BCUT2D eigenvalue weighted by molar-refractivity contribution is -0.115. The van der Waals surface area contributed by atoms with Gasteiger partial charge in [0.15, 0.2) is 0 Å². The average Bonchev–Trinajstić information content (AvgIpc) is 2.89. The monoisotopic (exact) mass is 371 g/mol. The van der Waals surface area contributed by atoms with E-state index in [-0.39, 0.29) is 35.4 Å². The predicted octanol–water partition coefficient (Wildman–Crippen LogP) is 4.06. The Kier molecular flexibility index (Phi) is 5.00. The molecule has 3 atom stereocenters. The third-order valence-electron chi connectivity index (χ3n) is 7.45. The Balaban J connectivity index is 1.52. The van der Waals surface area contributed by atoms with Gasteiger partial charge in [0, 0.05) is 11.7 Å². The van der Waals surface area contributed by atoms with Crippen molar-refractivity contribution in [3.8, 4) is 0 Å². The number of anilines is 1. The van der Waals surface area contributed by atoms with E-state index in [1.165, 1.54) is 12.0 Å². The second-order valence-electron chi connectivity index (χ2n) is 9.31. The maximum Gasteiger partial charge on any atom is 0.315 e. The minimum atomic E-state index is -0.253. The zero-order valence-corrected chi connectivity index (χ0v) is 17.5. The molecule has 3 N–H and O–H groups in total. The highest BCUT2D eigenvalue weighted by Gasteiger charge is 2.61. The average molecular weight is 372 g/mol. The number of hydrogen-bond donors (Lipinski definition) is 3. The van der Waals surface area contributed by atoms with Gasteiger partial charge in [-0.2, -0.15) is 0 Å². The van der Waals surface area contributed by atoms with Crippen LogP contribution in [0, 0.1) is 37.5 Å². The van der Waals surface area contributed by atoms with Gasteiger partial charge >= 0.3 is 6.03 Å². The van der Waals surface area contributed by atoms with Crippen LogP contribution in [0.4, 0.5) is 10.5 Å². The number of fused-ring (bicyclic) bond motifs is 2. The minimum absolute atomic E-state index is 0.0329. The van der Waals surface area contributed by atoms with Gasteiger partial charge in [-0.25, -0.2) is 4.79 Å². The molecule has 5 nitrogen and oxygen atoms in total. The summed E-state index contributed by atoms with van der Waals surface area (Å²) in [5, 5.41) is 8.77. The fourth-order valence-electron chi connectivity index (χ4n) is 5.35. The molecule has 5 heteroatoms. The Morgan fingerprint density at radius 1 is 1.11 bits per heavy atom. The van der Waals surface area contributed by atoms with Crippen molar-refractivity contribution in [1.82, 2.24) is 10.6 Å². The summed E-state index contributed by atoms with van der Waals surface area (Å²) in [6.07, 6.45) is 3.44. The van der Waals surface area contributed by atoms with E-state index in [2.05, 4.69) is 36.7 Å². The van der Waals surface area contributed by atoms with Crippen LogP contribution in [0.3, 0.4) is 0 Å². The molecule has 0 aromatic heterocycles. The molecule has 2 saturated carbocycles. The molecule has 27 heavy (non-hydrogen) atoms. The quantitative estimate of drug-likeness (QED) is 0.747. The fourth-order valence-corrected chi connectivity index (χ4v) is 5.35. The summed E-state index contributed by atoms with van der Waals surface area (Å²) in [4.78, 5) is 24.6. The fraction of sp³-hybridized carbons (Fsp3) is 0.636. The smallest absolute Gasteiger partial charge is 0.315 e. The number of amides is 3. The molecule has 3 amide bonds. The molecule has 0 radical (unpaired) electrons. The molecule has 0 heterocycles. The first kappa shape index (κ1) is 19.7. The van der Waals surface area contributed by atoms with Gasteiger partial charge in [0.1, 0.15) is 0 Å². The lowest BCUT2D eigenvalue weighted by atomic mass is 9.69. The second-order valence-corrected chi connectivity index (χ2v) is 9.31. The number of rotatable bonds is 4. The minimum Gasteiger partial charge on any atom is -0.335 e. The van der Waals surface area contributed by atoms with Crippen LogP contribution in [-0.4, -0.2) is 24.5 Å². The molecule has 2 bridgehead atoms. The third-order valence-corrected chi connectivity index (χ3v) is 7.45. The predicted molar refractivity (Wildman–Crippen MR) is 109 cm³/mol. The zero-order valence-electron chi connectivity index (χ0n) is 17.5. The highest BCUT2D eigenvalue weighted by molar-refractivity contribution is 5.95. The van der Waals surface area contributed by atoms with Crippen LogP contribution in [0.5, 0.6) is 0 Å². The highest BCUT2D eigenvalue weighted by Crippen LogP contribution is 2.65. The highest BCUT2D eigenvalue weighted by atomic mass is 16.2. The molecule has 2 aliphatic rings. The van der Waals surface area contributed by atoms with E-state index < -0.39 is 0 Å². The number of urea groups is 1. The Hall–Kier alpha value is -2.04. The summed E-state index contributed by atoms with van der Waals surface area (Å²) in [7, 11) is 0. The molecular weight excluding hydrogens is 338 g/mol. The second kappa shape index (κ2) is 6.84.